The van der Waals surface area contributed by atoms with Crippen LogP contribution >= 0.6 is 0 Å². The van der Waals surface area contributed by atoms with E-state index in [1.807, 2.05) is 0 Å². The van der Waals surface area contributed by atoms with Crippen LogP contribution in [-0.4, -0.2) is 40.9 Å². The van der Waals surface area contributed by atoms with E-state index in [2.05, 4.69) is 10.3 Å². The number of rotatable bonds is 3. The number of carbonyl (C=O) groups is 1. The molecule has 1 aliphatic rings. The minimum Gasteiger partial charge on any atom is -0.385 e. The van der Waals surface area contributed by atoms with Crippen molar-refractivity contribution in [2.75, 3.05) is 13.2 Å². The van der Waals surface area contributed by atoms with Gasteiger partial charge in [0.25, 0.3) is 5.91 Å². The minimum atomic E-state index is -1.06. The topological polar surface area (TPSA) is 91.4 Å². The summed E-state index contributed by atoms with van der Waals surface area (Å²) in [5.74, 6) is -0.492. The fraction of sp³-hybridized carbons (Fsp3) is 0.538. The van der Waals surface area contributed by atoms with E-state index in [4.69, 9.17) is 4.74 Å². The summed E-state index contributed by atoms with van der Waals surface area (Å²) in [5, 5.41) is 12.8. The summed E-state index contributed by atoms with van der Waals surface area (Å²) < 4.78 is 5.28. The lowest BCUT2D eigenvalue weighted by Gasteiger charge is -2.26. The highest BCUT2D eigenvalue weighted by molar-refractivity contribution is 5.93. The largest absolute Gasteiger partial charge is 0.385 e. The Morgan fingerprint density at radius 2 is 2.42 bits per heavy atom. The van der Waals surface area contributed by atoms with E-state index >= 15 is 0 Å². The highest BCUT2D eigenvalue weighted by atomic mass is 16.5. The third-order valence-electron chi connectivity index (χ3n) is 3.52. The van der Waals surface area contributed by atoms with Gasteiger partial charge in [-0.1, -0.05) is 0 Å². The molecule has 1 fully saturated rings. The zero-order valence-corrected chi connectivity index (χ0v) is 11.0. The summed E-state index contributed by atoms with van der Waals surface area (Å²) in [6, 6.07) is 1.37. The molecule has 0 aromatic carbocycles. The van der Waals surface area contributed by atoms with E-state index in [1.165, 1.54) is 12.3 Å². The van der Waals surface area contributed by atoms with Crippen LogP contribution in [0.15, 0.2) is 17.1 Å². The predicted molar refractivity (Wildman–Crippen MR) is 69.1 cm³/mol. The molecule has 2 rings (SSSR count). The van der Waals surface area contributed by atoms with Crippen molar-refractivity contribution in [1.82, 2.24) is 10.3 Å². The first-order chi connectivity index (χ1) is 8.92. The summed E-state index contributed by atoms with van der Waals surface area (Å²) in [7, 11) is 0. The average Bonchev–Trinajstić information content (AvgIpc) is 2.67. The lowest BCUT2D eigenvalue weighted by molar-refractivity contribution is -0.0251. The normalized spacial score (nSPS) is 26.4. The number of hydrogen-bond donors (Lipinski definition) is 3. The van der Waals surface area contributed by atoms with Gasteiger partial charge in [-0.2, -0.15) is 0 Å². The van der Waals surface area contributed by atoms with Crippen molar-refractivity contribution < 1.29 is 14.6 Å². The van der Waals surface area contributed by atoms with Gasteiger partial charge in [-0.15, -0.1) is 0 Å². The molecule has 3 N–H and O–H groups in total. The van der Waals surface area contributed by atoms with Gasteiger partial charge in [-0.25, -0.2) is 0 Å². The molecule has 1 saturated heterocycles. The number of pyridine rings is 1. The van der Waals surface area contributed by atoms with Crippen molar-refractivity contribution in [3.63, 3.8) is 0 Å². The Morgan fingerprint density at radius 1 is 1.68 bits per heavy atom. The molecule has 1 amide bonds. The minimum absolute atomic E-state index is 0.0424. The maximum Gasteiger partial charge on any atom is 0.256 e. The van der Waals surface area contributed by atoms with Gasteiger partial charge in [-0.05, 0) is 13.8 Å². The van der Waals surface area contributed by atoms with E-state index in [-0.39, 0.29) is 23.6 Å². The van der Waals surface area contributed by atoms with Gasteiger partial charge in [0.1, 0.15) is 11.2 Å². The second-order valence-electron chi connectivity index (χ2n) is 4.94. The van der Waals surface area contributed by atoms with Crippen LogP contribution in [0.3, 0.4) is 0 Å². The van der Waals surface area contributed by atoms with Crippen molar-refractivity contribution in [3.8, 4) is 0 Å². The molecule has 0 saturated carbocycles. The molecule has 0 aliphatic carbocycles. The second kappa shape index (κ2) is 5.14. The highest BCUT2D eigenvalue weighted by Crippen LogP contribution is 2.24. The van der Waals surface area contributed by atoms with Gasteiger partial charge in [-0.3, -0.25) is 9.59 Å². The van der Waals surface area contributed by atoms with Gasteiger partial charge >= 0.3 is 0 Å². The molecule has 1 aromatic heterocycles. The van der Waals surface area contributed by atoms with Crippen LogP contribution in [-0.2, 0) is 4.74 Å². The van der Waals surface area contributed by atoms with Crippen LogP contribution in [0.1, 0.15) is 29.4 Å². The van der Waals surface area contributed by atoms with E-state index in [1.54, 1.807) is 13.8 Å². The first kappa shape index (κ1) is 13.8. The average molecular weight is 266 g/mol. The number of nitrogens with one attached hydrogen (secondary N) is 2. The van der Waals surface area contributed by atoms with Crippen molar-refractivity contribution >= 4 is 5.91 Å². The smallest absolute Gasteiger partial charge is 0.256 e. The molecule has 2 atom stereocenters. The van der Waals surface area contributed by atoms with Gasteiger partial charge in [0.15, 0.2) is 5.43 Å². The molecular formula is C13H18N2O4. The number of aromatic nitrogens is 1. The van der Waals surface area contributed by atoms with Crippen LogP contribution in [0.25, 0.3) is 0 Å². The number of aromatic amines is 1. The number of aliphatic hydroxyl groups is 1. The third-order valence-corrected chi connectivity index (χ3v) is 3.52. The molecule has 1 aliphatic heterocycles. The highest BCUT2D eigenvalue weighted by Gasteiger charge is 2.39. The van der Waals surface area contributed by atoms with Gasteiger partial charge in [0, 0.05) is 37.5 Å². The summed E-state index contributed by atoms with van der Waals surface area (Å²) in [5.41, 5.74) is -0.664. The first-order valence-corrected chi connectivity index (χ1v) is 6.24. The Morgan fingerprint density at radius 3 is 3.00 bits per heavy atom. The van der Waals surface area contributed by atoms with Crippen molar-refractivity contribution in [2.24, 2.45) is 0 Å². The first-order valence-electron chi connectivity index (χ1n) is 6.24. The van der Waals surface area contributed by atoms with Crippen LogP contribution in [0.4, 0.5) is 0 Å². The van der Waals surface area contributed by atoms with E-state index in [9.17, 15) is 14.7 Å². The zero-order chi connectivity index (χ0) is 14.0. The Bertz CT molecular complexity index is 540. The number of hydrogen-bond acceptors (Lipinski definition) is 4. The monoisotopic (exact) mass is 266 g/mol. The molecular weight excluding hydrogens is 248 g/mol. The van der Waals surface area contributed by atoms with Crippen molar-refractivity contribution in [2.45, 2.75) is 32.0 Å². The molecule has 104 valence electrons. The van der Waals surface area contributed by atoms with Crippen molar-refractivity contribution in [1.29, 1.82) is 0 Å². The molecule has 6 heteroatoms. The maximum atomic E-state index is 11.9. The summed E-state index contributed by atoms with van der Waals surface area (Å²) in [6.45, 7) is 4.04. The SMILES string of the molecule is Cc1cc(=O)c(C(=O)NCC2(O)CCOC2C)c[nH]1. The number of aryl methyl sites for hydroxylation is 1. The standard InChI is InChI=1S/C13H18N2O4/c1-8-5-11(16)10(6-14-8)12(17)15-7-13(18)3-4-19-9(13)2/h5-6,9,18H,3-4,7H2,1-2H3,(H,14,16)(H,15,17). The Kier molecular flexibility index (Phi) is 3.73. The predicted octanol–water partition coefficient (Wildman–Crippen LogP) is -0.0470. The van der Waals surface area contributed by atoms with Gasteiger partial charge in [0.2, 0.25) is 0 Å². The van der Waals surface area contributed by atoms with Crippen LogP contribution < -0.4 is 10.7 Å². The summed E-state index contributed by atoms with van der Waals surface area (Å²) >= 11 is 0. The van der Waals surface area contributed by atoms with Crippen LogP contribution in [0.5, 0.6) is 0 Å². The third kappa shape index (κ3) is 2.85. The number of H-pyrrole nitrogens is 1. The Hall–Kier alpha value is -1.66. The molecule has 6 nitrogen and oxygen atoms in total. The molecule has 2 unspecified atom stereocenters. The second-order valence-corrected chi connectivity index (χ2v) is 4.94. The van der Waals surface area contributed by atoms with E-state index < -0.39 is 11.5 Å². The fourth-order valence-corrected chi connectivity index (χ4v) is 2.08. The lowest BCUT2D eigenvalue weighted by Crippen LogP contribution is -2.48. The molecule has 19 heavy (non-hydrogen) atoms. The van der Waals surface area contributed by atoms with Gasteiger partial charge in [0.05, 0.1) is 6.10 Å². The van der Waals surface area contributed by atoms with Crippen LogP contribution in [0.2, 0.25) is 0 Å². The van der Waals surface area contributed by atoms with Crippen molar-refractivity contribution in [3.05, 3.63) is 33.7 Å². The fourth-order valence-electron chi connectivity index (χ4n) is 2.08. The van der Waals surface area contributed by atoms with E-state index in [0.717, 1.165) is 0 Å². The van der Waals surface area contributed by atoms with E-state index in [0.29, 0.717) is 18.7 Å². The summed E-state index contributed by atoms with van der Waals surface area (Å²) in [4.78, 5) is 26.4. The molecule has 0 spiro atoms. The molecule has 2 heterocycles. The number of amides is 1. The maximum absolute atomic E-state index is 11.9. The number of ether oxygens (including phenoxy) is 1. The molecule has 1 aromatic rings. The quantitative estimate of drug-likeness (QED) is 0.715. The number of carbonyl (C=O) groups excluding carboxylic acids is 1. The Balaban J connectivity index is 2.04. The van der Waals surface area contributed by atoms with Gasteiger partial charge < -0.3 is 20.1 Å². The van der Waals surface area contributed by atoms with Crippen LogP contribution in [0, 0.1) is 6.92 Å². The summed E-state index contributed by atoms with van der Waals surface area (Å²) in [6.07, 6.45) is 1.52. The lowest BCUT2D eigenvalue weighted by atomic mass is 9.96. The zero-order valence-electron chi connectivity index (χ0n) is 11.0. The molecule has 0 radical (unpaired) electrons. The molecule has 0 bridgehead atoms. The Labute approximate surface area is 110 Å².